The number of benzene rings is 3. The Hall–Kier alpha value is -3.07. The Morgan fingerprint density at radius 3 is 2.37 bits per heavy atom. The van der Waals surface area contributed by atoms with Crippen molar-refractivity contribution in [2.24, 2.45) is 0 Å². The monoisotopic (exact) mass is 358 g/mol. The number of rotatable bonds is 4. The van der Waals surface area contributed by atoms with Crippen LogP contribution in [0, 0.1) is 6.92 Å². The molecule has 1 aliphatic heterocycles. The highest BCUT2D eigenvalue weighted by molar-refractivity contribution is 5.95. The zero-order chi connectivity index (χ0) is 19.0. The van der Waals surface area contributed by atoms with E-state index in [1.807, 2.05) is 61.5 Å². The quantitative estimate of drug-likeness (QED) is 0.572. The Kier molecular flexibility index (Phi) is 4.23. The first-order chi connectivity index (χ1) is 13.0. The second-order valence-corrected chi connectivity index (χ2v) is 7.22. The third kappa shape index (κ3) is 2.89. The highest BCUT2D eigenvalue weighted by Crippen LogP contribution is 2.44. The second-order valence-electron chi connectivity index (χ2n) is 7.22. The Bertz CT molecular complexity index is 992. The number of carbonyl (C=O) groups is 1. The molecule has 3 heteroatoms. The van der Waals surface area contributed by atoms with E-state index in [1.165, 1.54) is 0 Å². The summed E-state index contributed by atoms with van der Waals surface area (Å²) in [6, 6.07) is 23.2. The van der Waals surface area contributed by atoms with Crippen molar-refractivity contribution < 1.29 is 14.3 Å². The maximum atomic E-state index is 12.6. The Morgan fingerprint density at radius 2 is 1.63 bits per heavy atom. The summed E-state index contributed by atoms with van der Waals surface area (Å²) in [5.74, 6) is -0.640. The predicted molar refractivity (Wildman–Crippen MR) is 105 cm³/mol. The van der Waals surface area contributed by atoms with Crippen LogP contribution in [0.5, 0.6) is 5.75 Å². The highest BCUT2D eigenvalue weighted by Gasteiger charge is 2.49. The van der Waals surface area contributed by atoms with E-state index < -0.39 is 5.79 Å². The van der Waals surface area contributed by atoms with Crippen molar-refractivity contribution in [3.63, 3.8) is 0 Å². The van der Waals surface area contributed by atoms with Crippen molar-refractivity contribution in [3.05, 3.63) is 101 Å². The first-order valence-corrected chi connectivity index (χ1v) is 9.19. The van der Waals surface area contributed by atoms with E-state index in [9.17, 15) is 4.79 Å². The minimum absolute atomic E-state index is 0.278. The molecule has 0 radical (unpaired) electrons. The molecule has 0 N–H and O–H groups in total. The van der Waals surface area contributed by atoms with Gasteiger partial charge in [0.15, 0.2) is 0 Å². The van der Waals surface area contributed by atoms with Crippen LogP contribution < -0.4 is 4.74 Å². The number of esters is 1. The lowest BCUT2D eigenvalue weighted by Crippen LogP contribution is -2.35. The van der Waals surface area contributed by atoms with Crippen LogP contribution in [0.1, 0.15) is 52.4 Å². The minimum Gasteiger partial charge on any atom is -0.444 e. The molecule has 0 aliphatic carbocycles. The molecule has 1 aliphatic rings. The Labute approximate surface area is 159 Å². The number of fused-ring (bicyclic) bond motifs is 1. The van der Waals surface area contributed by atoms with Crippen molar-refractivity contribution in [3.8, 4) is 5.75 Å². The number of hydrogen-bond donors (Lipinski definition) is 0. The van der Waals surface area contributed by atoms with E-state index >= 15 is 0 Å². The van der Waals surface area contributed by atoms with Crippen molar-refractivity contribution in [1.82, 2.24) is 0 Å². The lowest BCUT2D eigenvalue weighted by atomic mass is 9.94. The zero-order valence-electron chi connectivity index (χ0n) is 15.7. The van der Waals surface area contributed by atoms with Gasteiger partial charge in [0, 0.05) is 5.56 Å². The van der Waals surface area contributed by atoms with Crippen LogP contribution in [-0.4, -0.2) is 5.97 Å². The van der Waals surface area contributed by atoms with Gasteiger partial charge in [-0.3, -0.25) is 0 Å². The molecular weight excluding hydrogens is 336 g/mol. The average Bonchev–Trinajstić information content (AvgIpc) is 2.96. The summed E-state index contributed by atoms with van der Waals surface area (Å²) in [6.45, 7) is 6.28. The number of carbonyl (C=O) groups excluding carboxylic acids is 1. The lowest BCUT2D eigenvalue weighted by molar-refractivity contribution is -0.109. The van der Waals surface area contributed by atoms with Crippen LogP contribution in [-0.2, 0) is 10.5 Å². The van der Waals surface area contributed by atoms with Gasteiger partial charge in [-0.2, -0.15) is 0 Å². The maximum absolute atomic E-state index is 12.6. The van der Waals surface area contributed by atoms with Gasteiger partial charge in [0.25, 0.3) is 0 Å². The van der Waals surface area contributed by atoms with E-state index in [-0.39, 0.29) is 11.9 Å². The molecule has 0 saturated carbocycles. The topological polar surface area (TPSA) is 35.5 Å². The Balaban J connectivity index is 1.93. The van der Waals surface area contributed by atoms with Crippen LogP contribution in [0.3, 0.4) is 0 Å². The smallest absolute Gasteiger partial charge is 0.342 e. The fraction of sp³-hybridized carbons (Fsp3) is 0.208. The zero-order valence-corrected chi connectivity index (χ0v) is 15.7. The molecule has 3 aromatic rings. The molecule has 3 aromatic carbocycles. The standard InChI is InChI=1S/C24H22O3/c1-16(2)19-14-13-17(3)15-22(19)26-24(18-9-5-4-6-10-18)21-12-8-7-11-20(21)23(25)27-24/h4-16H,1-3H3/t24-/m0/s1. The first-order valence-electron chi connectivity index (χ1n) is 9.19. The van der Waals surface area contributed by atoms with Crippen molar-refractivity contribution in [1.29, 1.82) is 0 Å². The van der Waals surface area contributed by atoms with E-state index in [0.717, 1.165) is 28.0 Å². The SMILES string of the molecule is Cc1ccc(C(C)C)c(O[C@@]2(c3ccccc3)OC(=O)c3ccccc32)c1. The van der Waals surface area contributed by atoms with E-state index in [4.69, 9.17) is 9.47 Å². The minimum atomic E-state index is -1.29. The van der Waals surface area contributed by atoms with Crippen molar-refractivity contribution in [2.45, 2.75) is 32.5 Å². The molecule has 3 nitrogen and oxygen atoms in total. The van der Waals surface area contributed by atoms with Gasteiger partial charge >= 0.3 is 11.8 Å². The Morgan fingerprint density at radius 1 is 0.926 bits per heavy atom. The molecule has 0 aromatic heterocycles. The van der Waals surface area contributed by atoms with Crippen LogP contribution >= 0.6 is 0 Å². The summed E-state index contributed by atoms with van der Waals surface area (Å²) in [6.07, 6.45) is 0. The van der Waals surface area contributed by atoms with Crippen LogP contribution in [0.15, 0.2) is 72.8 Å². The average molecular weight is 358 g/mol. The highest BCUT2D eigenvalue weighted by atomic mass is 16.7. The van der Waals surface area contributed by atoms with Crippen LogP contribution in [0.25, 0.3) is 0 Å². The van der Waals surface area contributed by atoms with E-state index in [0.29, 0.717) is 5.56 Å². The summed E-state index contributed by atoms with van der Waals surface area (Å²) >= 11 is 0. The predicted octanol–water partition coefficient (Wildman–Crippen LogP) is 5.57. The molecule has 136 valence electrons. The summed E-state index contributed by atoms with van der Waals surface area (Å²) in [5, 5.41) is 0. The molecule has 27 heavy (non-hydrogen) atoms. The number of ether oxygens (including phenoxy) is 2. The molecule has 0 saturated heterocycles. The van der Waals surface area contributed by atoms with Gasteiger partial charge in [-0.25, -0.2) is 4.79 Å². The van der Waals surface area contributed by atoms with Gasteiger partial charge in [-0.1, -0.05) is 68.4 Å². The molecule has 0 bridgehead atoms. The van der Waals surface area contributed by atoms with Gasteiger partial charge < -0.3 is 9.47 Å². The summed E-state index contributed by atoms with van der Waals surface area (Å²) in [5.41, 5.74) is 4.24. The molecule has 1 heterocycles. The van der Waals surface area contributed by atoms with Gasteiger partial charge in [0.05, 0.1) is 11.1 Å². The third-order valence-corrected chi connectivity index (χ3v) is 4.94. The van der Waals surface area contributed by atoms with E-state index in [1.54, 1.807) is 6.07 Å². The lowest BCUT2D eigenvalue weighted by Gasteiger charge is -2.31. The molecule has 0 unspecified atom stereocenters. The third-order valence-electron chi connectivity index (χ3n) is 4.94. The largest absolute Gasteiger partial charge is 0.444 e. The molecule has 4 rings (SSSR count). The number of hydrogen-bond acceptors (Lipinski definition) is 3. The number of cyclic esters (lactones) is 1. The van der Waals surface area contributed by atoms with Gasteiger partial charge in [-0.15, -0.1) is 0 Å². The fourth-order valence-electron chi connectivity index (χ4n) is 3.56. The summed E-state index contributed by atoms with van der Waals surface area (Å²) in [7, 11) is 0. The van der Waals surface area contributed by atoms with Crippen LogP contribution in [0.4, 0.5) is 0 Å². The van der Waals surface area contributed by atoms with E-state index in [2.05, 4.69) is 26.0 Å². The summed E-state index contributed by atoms with van der Waals surface area (Å²) in [4.78, 5) is 12.6. The molecule has 0 fully saturated rings. The molecular formula is C24H22O3. The molecule has 0 spiro atoms. The normalized spacial score (nSPS) is 18.3. The fourth-order valence-corrected chi connectivity index (χ4v) is 3.56. The maximum Gasteiger partial charge on any atom is 0.342 e. The second kappa shape index (κ2) is 6.58. The summed E-state index contributed by atoms with van der Waals surface area (Å²) < 4.78 is 12.5. The number of aryl methyl sites for hydroxylation is 1. The van der Waals surface area contributed by atoms with Crippen molar-refractivity contribution in [2.75, 3.05) is 0 Å². The molecule has 0 amide bonds. The van der Waals surface area contributed by atoms with Crippen molar-refractivity contribution >= 4 is 5.97 Å². The van der Waals surface area contributed by atoms with Gasteiger partial charge in [0.1, 0.15) is 5.75 Å². The first kappa shape index (κ1) is 17.3. The van der Waals surface area contributed by atoms with Crippen LogP contribution in [0.2, 0.25) is 0 Å². The molecule has 1 atom stereocenters. The van der Waals surface area contributed by atoms with Gasteiger partial charge in [-0.05, 0) is 42.2 Å². The van der Waals surface area contributed by atoms with Gasteiger partial charge in [0.2, 0.25) is 0 Å².